The first kappa shape index (κ1) is 13.9. The Morgan fingerprint density at radius 2 is 1.81 bits per heavy atom. The number of nitrogen functional groups attached to an aromatic ring is 1. The monoisotopic (exact) mass is 289 g/mol. The summed E-state index contributed by atoms with van der Waals surface area (Å²) in [7, 11) is 0. The van der Waals surface area contributed by atoms with Crippen molar-refractivity contribution in [1.82, 2.24) is 4.90 Å². The van der Waals surface area contributed by atoms with Crippen LogP contribution in [0.15, 0.2) is 18.2 Å². The minimum atomic E-state index is -0.498. The minimum Gasteiger partial charge on any atom is -0.398 e. The van der Waals surface area contributed by atoms with Gasteiger partial charge in [0.1, 0.15) is 0 Å². The molecule has 6 nitrogen and oxygen atoms in total. The van der Waals surface area contributed by atoms with Crippen molar-refractivity contribution in [2.75, 3.05) is 18.8 Å². The lowest BCUT2D eigenvalue weighted by Crippen LogP contribution is -2.35. The lowest BCUT2D eigenvalue weighted by Gasteiger charge is -2.23. The van der Waals surface area contributed by atoms with E-state index in [2.05, 4.69) is 0 Å². The highest BCUT2D eigenvalue weighted by atomic mass is 16.6. The molecule has 0 saturated heterocycles. The molecule has 0 heterocycles. The zero-order valence-corrected chi connectivity index (χ0v) is 11.8. The van der Waals surface area contributed by atoms with Crippen LogP contribution in [0.2, 0.25) is 0 Å². The molecular weight excluding hydrogens is 270 g/mol. The Balaban J connectivity index is 1.82. The van der Waals surface area contributed by atoms with Gasteiger partial charge in [0.05, 0.1) is 10.5 Å². The van der Waals surface area contributed by atoms with Gasteiger partial charge in [0.2, 0.25) is 0 Å². The predicted octanol–water partition coefficient (Wildman–Crippen LogP) is 2.44. The van der Waals surface area contributed by atoms with E-state index in [9.17, 15) is 14.9 Å². The van der Waals surface area contributed by atoms with Crippen molar-refractivity contribution in [3.63, 3.8) is 0 Å². The van der Waals surface area contributed by atoms with Gasteiger partial charge in [-0.3, -0.25) is 14.9 Å². The number of carbonyl (C=O) groups is 1. The molecule has 1 amide bonds. The van der Waals surface area contributed by atoms with Crippen LogP contribution in [0.5, 0.6) is 0 Å². The third-order valence-corrected chi connectivity index (χ3v) is 4.12. The quantitative estimate of drug-likeness (QED) is 0.495. The van der Waals surface area contributed by atoms with Crippen molar-refractivity contribution in [2.45, 2.75) is 25.7 Å². The van der Waals surface area contributed by atoms with Crippen molar-refractivity contribution in [3.05, 3.63) is 33.9 Å². The molecule has 0 radical (unpaired) electrons. The molecule has 21 heavy (non-hydrogen) atoms. The summed E-state index contributed by atoms with van der Waals surface area (Å²) in [6.07, 6.45) is 4.66. The molecule has 0 aromatic heterocycles. The van der Waals surface area contributed by atoms with Crippen LogP contribution < -0.4 is 5.73 Å². The van der Waals surface area contributed by atoms with Gasteiger partial charge in [-0.25, -0.2) is 0 Å². The number of carbonyl (C=O) groups excluding carboxylic acids is 1. The fourth-order valence-corrected chi connectivity index (χ4v) is 2.48. The molecule has 3 rings (SSSR count). The highest BCUT2D eigenvalue weighted by Gasteiger charge is 2.32. The molecule has 6 heteroatoms. The average molecular weight is 289 g/mol. The van der Waals surface area contributed by atoms with Gasteiger partial charge >= 0.3 is 0 Å². The van der Waals surface area contributed by atoms with Crippen molar-refractivity contribution < 1.29 is 9.72 Å². The summed E-state index contributed by atoms with van der Waals surface area (Å²) in [5, 5.41) is 10.9. The van der Waals surface area contributed by atoms with Crippen molar-refractivity contribution in [2.24, 2.45) is 11.8 Å². The topological polar surface area (TPSA) is 89.5 Å². The van der Waals surface area contributed by atoms with Crippen LogP contribution in [0.1, 0.15) is 36.0 Å². The molecule has 2 aliphatic rings. The van der Waals surface area contributed by atoms with Crippen molar-refractivity contribution in [3.8, 4) is 0 Å². The third kappa shape index (κ3) is 3.32. The molecule has 2 N–H and O–H groups in total. The lowest BCUT2D eigenvalue weighted by molar-refractivity contribution is -0.384. The molecule has 0 aliphatic heterocycles. The van der Waals surface area contributed by atoms with Gasteiger partial charge in [-0.1, -0.05) is 0 Å². The molecule has 0 spiro atoms. The summed E-state index contributed by atoms with van der Waals surface area (Å²) in [5.41, 5.74) is 6.32. The van der Waals surface area contributed by atoms with Gasteiger partial charge in [0, 0.05) is 30.9 Å². The zero-order chi connectivity index (χ0) is 15.0. The summed E-state index contributed by atoms with van der Waals surface area (Å²) in [6, 6.07) is 4.07. The molecule has 1 aromatic carbocycles. The molecule has 2 fully saturated rings. The Hall–Kier alpha value is -2.11. The minimum absolute atomic E-state index is 0.0923. The Morgan fingerprint density at radius 1 is 1.24 bits per heavy atom. The Morgan fingerprint density at radius 3 is 2.29 bits per heavy atom. The first-order valence-corrected chi connectivity index (χ1v) is 7.38. The number of hydrogen-bond donors (Lipinski definition) is 1. The first-order valence-electron chi connectivity index (χ1n) is 7.38. The fourth-order valence-electron chi connectivity index (χ4n) is 2.48. The number of amides is 1. The van der Waals surface area contributed by atoms with Crippen LogP contribution in [0.4, 0.5) is 11.4 Å². The number of nitro benzene ring substituents is 1. The highest BCUT2D eigenvalue weighted by molar-refractivity contribution is 5.99. The van der Waals surface area contributed by atoms with E-state index in [0.717, 1.165) is 13.1 Å². The Labute approximate surface area is 123 Å². The number of nitro groups is 1. The molecule has 112 valence electrons. The molecular formula is C15H19N3O3. The smallest absolute Gasteiger partial charge is 0.270 e. The van der Waals surface area contributed by atoms with Crippen LogP contribution in [0.3, 0.4) is 0 Å². The van der Waals surface area contributed by atoms with Crippen LogP contribution in [0, 0.1) is 22.0 Å². The molecule has 2 saturated carbocycles. The first-order chi connectivity index (χ1) is 10.0. The molecule has 0 atom stereocenters. The van der Waals surface area contributed by atoms with Crippen LogP contribution >= 0.6 is 0 Å². The van der Waals surface area contributed by atoms with Gasteiger partial charge in [-0.05, 0) is 43.6 Å². The summed E-state index contributed by atoms with van der Waals surface area (Å²) in [5.74, 6) is 1.01. The summed E-state index contributed by atoms with van der Waals surface area (Å²) < 4.78 is 0. The SMILES string of the molecule is Nc1ccc([N+](=O)[O-])cc1C(=O)N(CC1CC1)CC1CC1. The van der Waals surface area contributed by atoms with Crippen LogP contribution in [-0.2, 0) is 0 Å². The Kier molecular flexibility index (Phi) is 3.53. The van der Waals surface area contributed by atoms with E-state index in [4.69, 9.17) is 5.73 Å². The van der Waals surface area contributed by atoms with Gasteiger partial charge in [0.25, 0.3) is 11.6 Å². The van der Waals surface area contributed by atoms with E-state index in [1.807, 2.05) is 4.90 Å². The van der Waals surface area contributed by atoms with Crippen LogP contribution in [-0.4, -0.2) is 28.8 Å². The number of benzene rings is 1. The third-order valence-electron chi connectivity index (χ3n) is 4.12. The number of nitrogens with two attached hydrogens (primary N) is 1. The number of nitrogens with zero attached hydrogens (tertiary/aromatic N) is 2. The van der Waals surface area contributed by atoms with Gasteiger partial charge < -0.3 is 10.6 Å². The number of non-ortho nitro benzene ring substituents is 1. The second-order valence-corrected chi connectivity index (χ2v) is 6.13. The maximum absolute atomic E-state index is 12.7. The van der Waals surface area contributed by atoms with Crippen molar-refractivity contribution >= 4 is 17.3 Å². The van der Waals surface area contributed by atoms with Gasteiger partial charge in [-0.15, -0.1) is 0 Å². The number of rotatable bonds is 6. The fraction of sp³-hybridized carbons (Fsp3) is 0.533. The normalized spacial score (nSPS) is 17.5. The Bertz CT molecular complexity index is 566. The number of anilines is 1. The largest absolute Gasteiger partial charge is 0.398 e. The van der Waals surface area contributed by atoms with Crippen molar-refractivity contribution in [1.29, 1.82) is 0 Å². The van der Waals surface area contributed by atoms with Gasteiger partial charge in [-0.2, -0.15) is 0 Å². The standard InChI is InChI=1S/C15H19N3O3/c16-14-6-5-12(18(20)21)7-13(14)15(19)17(8-10-1-2-10)9-11-3-4-11/h5-7,10-11H,1-4,8-9,16H2. The summed E-state index contributed by atoms with van der Waals surface area (Å²) in [4.78, 5) is 24.9. The maximum atomic E-state index is 12.7. The summed E-state index contributed by atoms with van der Waals surface area (Å²) >= 11 is 0. The zero-order valence-electron chi connectivity index (χ0n) is 11.8. The van der Waals surface area contributed by atoms with E-state index in [1.54, 1.807) is 0 Å². The molecule has 0 bridgehead atoms. The van der Waals surface area contributed by atoms with E-state index >= 15 is 0 Å². The number of hydrogen-bond acceptors (Lipinski definition) is 4. The summed E-state index contributed by atoms with van der Waals surface area (Å²) in [6.45, 7) is 1.49. The predicted molar refractivity (Wildman–Crippen MR) is 78.9 cm³/mol. The molecule has 2 aliphatic carbocycles. The maximum Gasteiger partial charge on any atom is 0.270 e. The second kappa shape index (κ2) is 5.35. The molecule has 1 aromatic rings. The second-order valence-electron chi connectivity index (χ2n) is 6.13. The van der Waals surface area contributed by atoms with E-state index in [-0.39, 0.29) is 17.2 Å². The highest BCUT2D eigenvalue weighted by Crippen LogP contribution is 2.35. The van der Waals surface area contributed by atoms with E-state index < -0.39 is 4.92 Å². The van der Waals surface area contributed by atoms with E-state index in [0.29, 0.717) is 17.5 Å². The van der Waals surface area contributed by atoms with Gasteiger partial charge in [0.15, 0.2) is 0 Å². The lowest BCUT2D eigenvalue weighted by atomic mass is 10.1. The van der Waals surface area contributed by atoms with Crippen LogP contribution in [0.25, 0.3) is 0 Å². The average Bonchev–Trinajstić information content (AvgIpc) is 3.32. The van der Waals surface area contributed by atoms with E-state index in [1.165, 1.54) is 43.9 Å². The molecule has 0 unspecified atom stereocenters.